The lowest BCUT2D eigenvalue weighted by Crippen LogP contribution is -2.01. The van der Waals surface area contributed by atoms with Crippen molar-refractivity contribution >= 4 is 49.6 Å². The molecular formula is C18H13Br2NO3. The van der Waals surface area contributed by atoms with E-state index in [1.165, 1.54) is 0 Å². The van der Waals surface area contributed by atoms with Crippen molar-refractivity contribution in [2.24, 2.45) is 5.16 Å². The molecule has 0 fully saturated rings. The molecule has 0 spiro atoms. The van der Waals surface area contributed by atoms with Gasteiger partial charge < -0.3 is 9.57 Å². The van der Waals surface area contributed by atoms with Gasteiger partial charge in [0.15, 0.2) is 0 Å². The van der Waals surface area contributed by atoms with Gasteiger partial charge in [0.25, 0.3) is 0 Å². The Morgan fingerprint density at radius 2 is 1.92 bits per heavy atom. The van der Waals surface area contributed by atoms with Crippen LogP contribution < -0.4 is 4.74 Å². The van der Waals surface area contributed by atoms with E-state index in [4.69, 9.17) is 4.74 Å². The molecule has 1 aliphatic heterocycles. The second-order valence-electron chi connectivity index (χ2n) is 5.22. The number of carbonyl (C=O) groups excluding carboxylic acids is 1. The van der Waals surface area contributed by atoms with Crippen LogP contribution >= 0.6 is 31.9 Å². The van der Waals surface area contributed by atoms with Crippen LogP contribution in [0.2, 0.25) is 0 Å². The normalized spacial score (nSPS) is 15.4. The predicted molar refractivity (Wildman–Crippen MR) is 99.8 cm³/mol. The molecule has 0 atom stereocenters. The first-order valence-electron chi connectivity index (χ1n) is 7.18. The molecule has 6 heteroatoms. The van der Waals surface area contributed by atoms with Crippen LogP contribution in [-0.4, -0.2) is 11.7 Å². The van der Waals surface area contributed by atoms with Gasteiger partial charge in [-0.3, -0.25) is 0 Å². The molecule has 0 aromatic heterocycles. The first-order chi connectivity index (χ1) is 11.5. The molecule has 0 amide bonds. The molecule has 4 nitrogen and oxygen atoms in total. The number of hydrogen-bond donors (Lipinski definition) is 0. The number of rotatable bonds is 4. The van der Waals surface area contributed by atoms with E-state index in [0.717, 1.165) is 25.8 Å². The average molecular weight is 451 g/mol. The molecule has 3 rings (SSSR count). The van der Waals surface area contributed by atoms with Gasteiger partial charge in [-0.25, -0.2) is 4.79 Å². The van der Waals surface area contributed by atoms with E-state index in [1.54, 1.807) is 13.0 Å². The van der Waals surface area contributed by atoms with E-state index in [0.29, 0.717) is 17.9 Å². The summed E-state index contributed by atoms with van der Waals surface area (Å²) in [5, 5.41) is 3.66. The van der Waals surface area contributed by atoms with Crippen molar-refractivity contribution in [2.75, 3.05) is 0 Å². The Morgan fingerprint density at radius 1 is 1.17 bits per heavy atom. The highest BCUT2D eigenvalue weighted by molar-refractivity contribution is 9.10. The van der Waals surface area contributed by atoms with Gasteiger partial charge in [0.2, 0.25) is 0 Å². The maximum absolute atomic E-state index is 11.6. The minimum absolute atomic E-state index is 0.431. The average Bonchev–Trinajstić information content (AvgIpc) is 2.87. The summed E-state index contributed by atoms with van der Waals surface area (Å²) in [4.78, 5) is 16.2. The zero-order chi connectivity index (χ0) is 17.1. The maximum atomic E-state index is 11.6. The van der Waals surface area contributed by atoms with Gasteiger partial charge >= 0.3 is 5.97 Å². The van der Waals surface area contributed by atoms with Crippen LogP contribution in [0.1, 0.15) is 18.1 Å². The van der Waals surface area contributed by atoms with Gasteiger partial charge in [-0.1, -0.05) is 39.3 Å². The molecule has 24 heavy (non-hydrogen) atoms. The lowest BCUT2D eigenvalue weighted by molar-refractivity contribution is -0.136. The van der Waals surface area contributed by atoms with Crippen LogP contribution in [0.15, 0.2) is 62.1 Å². The molecular weight excluding hydrogens is 438 g/mol. The van der Waals surface area contributed by atoms with Gasteiger partial charge in [-0.05, 0) is 64.3 Å². The maximum Gasteiger partial charge on any atom is 0.367 e. The topological polar surface area (TPSA) is 47.9 Å². The SMILES string of the molecule is CC1=NOC(=O)/C1=C/c1ccc(OCc2ccc(Br)cc2)c(Br)c1. The fraction of sp³-hybridized carbons (Fsp3) is 0.111. The molecule has 0 N–H and O–H groups in total. The Hall–Kier alpha value is -1.92. The third-order valence-electron chi connectivity index (χ3n) is 3.45. The zero-order valence-electron chi connectivity index (χ0n) is 12.8. The highest BCUT2D eigenvalue weighted by Gasteiger charge is 2.21. The van der Waals surface area contributed by atoms with Crippen molar-refractivity contribution in [3.63, 3.8) is 0 Å². The van der Waals surface area contributed by atoms with Gasteiger partial charge in [0.1, 0.15) is 12.4 Å². The lowest BCUT2D eigenvalue weighted by atomic mass is 10.1. The molecule has 0 saturated carbocycles. The Morgan fingerprint density at radius 3 is 2.54 bits per heavy atom. The molecule has 2 aromatic carbocycles. The van der Waals surface area contributed by atoms with E-state index in [9.17, 15) is 4.79 Å². The minimum atomic E-state index is -0.431. The summed E-state index contributed by atoms with van der Waals surface area (Å²) in [5.74, 6) is 0.304. The molecule has 0 saturated heterocycles. The van der Waals surface area contributed by atoms with E-state index in [-0.39, 0.29) is 0 Å². The molecule has 1 aliphatic rings. The van der Waals surface area contributed by atoms with Crippen LogP contribution in [0.4, 0.5) is 0 Å². The van der Waals surface area contributed by atoms with Crippen LogP contribution in [-0.2, 0) is 16.2 Å². The second kappa shape index (κ2) is 7.32. The van der Waals surface area contributed by atoms with E-state index in [1.807, 2.05) is 42.5 Å². The van der Waals surface area contributed by atoms with Gasteiger partial charge in [0, 0.05) is 4.47 Å². The minimum Gasteiger partial charge on any atom is -0.488 e. The molecule has 0 bridgehead atoms. The smallest absolute Gasteiger partial charge is 0.367 e. The van der Waals surface area contributed by atoms with Crippen molar-refractivity contribution < 1.29 is 14.4 Å². The van der Waals surface area contributed by atoms with Crippen molar-refractivity contribution in [3.05, 3.63) is 68.1 Å². The number of hydrogen-bond acceptors (Lipinski definition) is 4. The van der Waals surface area contributed by atoms with Gasteiger partial charge in [0.05, 0.1) is 15.8 Å². The molecule has 1 heterocycles. The van der Waals surface area contributed by atoms with Crippen molar-refractivity contribution in [1.82, 2.24) is 0 Å². The summed E-state index contributed by atoms with van der Waals surface area (Å²) in [6.45, 7) is 2.21. The Bertz CT molecular complexity index is 842. The highest BCUT2D eigenvalue weighted by atomic mass is 79.9. The van der Waals surface area contributed by atoms with E-state index >= 15 is 0 Å². The molecule has 0 radical (unpaired) electrons. The number of ether oxygens (including phenoxy) is 1. The summed E-state index contributed by atoms with van der Waals surface area (Å²) in [7, 11) is 0. The quantitative estimate of drug-likeness (QED) is 0.480. The van der Waals surface area contributed by atoms with Crippen LogP contribution in [0.25, 0.3) is 6.08 Å². The second-order valence-corrected chi connectivity index (χ2v) is 6.99. The number of nitrogens with zero attached hydrogens (tertiary/aromatic N) is 1. The van der Waals surface area contributed by atoms with Crippen molar-refractivity contribution in [3.8, 4) is 5.75 Å². The number of halogens is 2. The fourth-order valence-corrected chi connectivity index (χ4v) is 2.93. The van der Waals surface area contributed by atoms with E-state index in [2.05, 4.69) is 41.9 Å². The predicted octanol–water partition coefficient (Wildman–Crippen LogP) is 5.11. The summed E-state index contributed by atoms with van der Waals surface area (Å²) >= 11 is 6.91. The monoisotopic (exact) mass is 449 g/mol. The van der Waals surface area contributed by atoms with Gasteiger partial charge in [-0.15, -0.1) is 0 Å². The first kappa shape index (κ1) is 16.9. The third-order valence-corrected chi connectivity index (χ3v) is 4.60. The van der Waals surface area contributed by atoms with Crippen molar-refractivity contribution in [1.29, 1.82) is 0 Å². The summed E-state index contributed by atoms with van der Waals surface area (Å²) in [6.07, 6.45) is 1.75. The summed E-state index contributed by atoms with van der Waals surface area (Å²) in [6, 6.07) is 13.6. The Kier molecular flexibility index (Phi) is 5.16. The Balaban J connectivity index is 1.73. The van der Waals surface area contributed by atoms with Crippen LogP contribution in [0.5, 0.6) is 5.75 Å². The number of carbonyl (C=O) groups is 1. The van der Waals surface area contributed by atoms with Gasteiger partial charge in [-0.2, -0.15) is 0 Å². The number of oxime groups is 1. The number of benzene rings is 2. The van der Waals surface area contributed by atoms with E-state index < -0.39 is 5.97 Å². The first-order valence-corrected chi connectivity index (χ1v) is 8.76. The largest absolute Gasteiger partial charge is 0.488 e. The fourth-order valence-electron chi connectivity index (χ4n) is 2.15. The molecule has 122 valence electrons. The third kappa shape index (κ3) is 3.94. The standard InChI is InChI=1S/C18H13Br2NO3/c1-11-15(18(22)24-21-11)8-13-4-7-17(16(20)9-13)23-10-12-2-5-14(19)6-3-12/h2-9H,10H2,1H3/b15-8+. The Labute approximate surface area is 156 Å². The summed E-state index contributed by atoms with van der Waals surface area (Å²) in [5.41, 5.74) is 2.98. The summed E-state index contributed by atoms with van der Waals surface area (Å²) < 4.78 is 7.68. The molecule has 0 aliphatic carbocycles. The molecule has 2 aromatic rings. The molecule has 0 unspecified atom stereocenters. The highest BCUT2D eigenvalue weighted by Crippen LogP contribution is 2.28. The lowest BCUT2D eigenvalue weighted by Gasteiger charge is -2.09. The van der Waals surface area contributed by atoms with Crippen LogP contribution in [0, 0.1) is 0 Å². The van der Waals surface area contributed by atoms with Crippen molar-refractivity contribution in [2.45, 2.75) is 13.5 Å². The van der Waals surface area contributed by atoms with Crippen LogP contribution in [0.3, 0.4) is 0 Å². The zero-order valence-corrected chi connectivity index (χ0v) is 15.9.